The van der Waals surface area contributed by atoms with Gasteiger partial charge in [-0.15, -0.1) is 0 Å². The van der Waals surface area contributed by atoms with Gasteiger partial charge in [-0.25, -0.2) is 0 Å². The van der Waals surface area contributed by atoms with E-state index in [-0.39, 0.29) is 11.8 Å². The van der Waals surface area contributed by atoms with Crippen LogP contribution in [0, 0.1) is 0 Å². The van der Waals surface area contributed by atoms with Crippen molar-refractivity contribution in [2.24, 2.45) is 0 Å². The molecule has 0 spiro atoms. The largest absolute Gasteiger partial charge is 0.361 e. The molecule has 0 bridgehead atoms. The lowest BCUT2D eigenvalue weighted by molar-refractivity contribution is -0.135. The molecule has 0 unspecified atom stereocenters. The monoisotopic (exact) mass is 468 g/mol. The molecule has 1 aliphatic rings. The van der Waals surface area contributed by atoms with Crippen LogP contribution in [0.1, 0.15) is 27.7 Å². The topological polar surface area (TPSA) is 94.2 Å². The third-order valence-electron chi connectivity index (χ3n) is 6.46. The fourth-order valence-corrected chi connectivity index (χ4v) is 4.44. The van der Waals surface area contributed by atoms with E-state index < -0.39 is 6.04 Å². The van der Waals surface area contributed by atoms with Crippen molar-refractivity contribution in [1.29, 1.82) is 0 Å². The van der Waals surface area contributed by atoms with Gasteiger partial charge < -0.3 is 15.2 Å². The van der Waals surface area contributed by atoms with Crippen LogP contribution in [-0.2, 0) is 11.2 Å². The zero-order valence-corrected chi connectivity index (χ0v) is 19.4. The van der Waals surface area contributed by atoms with E-state index in [1.807, 2.05) is 59.6 Å². The summed E-state index contributed by atoms with van der Waals surface area (Å²) in [5.41, 5.74) is 3.15. The standard InChI is InChI=1S/C27H28N6O2/c34-26(22-7-6-20-8-10-30-24(20)18-22)31-25(21-4-2-1-3-5-21)27(35)33-16-14-32(15-17-33)13-9-23-19-28-11-12-29-23/h1-8,10-12,18-19,25,30H,9,13-17H2,(H,31,34)/t25-/m1/s1. The number of carbonyl (C=O) groups is 2. The van der Waals surface area contributed by atoms with Crippen LogP contribution in [0.3, 0.4) is 0 Å². The van der Waals surface area contributed by atoms with Gasteiger partial charge in [0.2, 0.25) is 5.91 Å². The first-order chi connectivity index (χ1) is 17.2. The van der Waals surface area contributed by atoms with Crippen LogP contribution < -0.4 is 5.32 Å². The summed E-state index contributed by atoms with van der Waals surface area (Å²) in [5, 5.41) is 4.03. The SMILES string of the molecule is O=C(N[C@@H](C(=O)N1CCN(CCc2cnccn2)CC1)c1ccccc1)c1ccc2cc[nH]c2c1. The Bertz CT molecular complexity index is 1280. The van der Waals surface area contributed by atoms with Gasteiger partial charge in [0.15, 0.2) is 0 Å². The van der Waals surface area contributed by atoms with Gasteiger partial charge in [-0.05, 0) is 29.1 Å². The van der Waals surface area contributed by atoms with Crippen LogP contribution in [0.5, 0.6) is 0 Å². The number of aromatic nitrogens is 3. The molecule has 2 amide bonds. The predicted molar refractivity (Wildman–Crippen MR) is 134 cm³/mol. The van der Waals surface area contributed by atoms with Crippen molar-refractivity contribution in [1.82, 2.24) is 30.1 Å². The molecule has 0 aliphatic carbocycles. The molecule has 178 valence electrons. The molecule has 2 aromatic heterocycles. The number of fused-ring (bicyclic) bond motifs is 1. The summed E-state index contributed by atoms with van der Waals surface area (Å²) in [4.78, 5) is 42.5. The number of amides is 2. The second kappa shape index (κ2) is 10.5. The van der Waals surface area contributed by atoms with E-state index >= 15 is 0 Å². The van der Waals surface area contributed by atoms with Gasteiger partial charge in [-0.1, -0.05) is 36.4 Å². The summed E-state index contributed by atoms with van der Waals surface area (Å²) >= 11 is 0. The molecule has 0 saturated carbocycles. The van der Waals surface area contributed by atoms with Crippen molar-refractivity contribution < 1.29 is 9.59 Å². The van der Waals surface area contributed by atoms with Gasteiger partial charge in [0.1, 0.15) is 6.04 Å². The van der Waals surface area contributed by atoms with Crippen LogP contribution in [0.25, 0.3) is 10.9 Å². The highest BCUT2D eigenvalue weighted by molar-refractivity contribution is 6.00. The summed E-state index contributed by atoms with van der Waals surface area (Å²) in [6.07, 6.45) is 7.85. The quantitative estimate of drug-likeness (QED) is 0.435. The number of hydrogen-bond donors (Lipinski definition) is 2. The summed E-state index contributed by atoms with van der Waals surface area (Å²) in [6.45, 7) is 3.68. The first kappa shape index (κ1) is 22.7. The highest BCUT2D eigenvalue weighted by Gasteiger charge is 2.30. The Labute approximate surface area is 204 Å². The average Bonchev–Trinajstić information content (AvgIpc) is 3.39. The number of benzene rings is 2. The molecule has 1 aliphatic heterocycles. The Morgan fingerprint density at radius 1 is 1.00 bits per heavy atom. The number of piperazine rings is 1. The molecular weight excluding hydrogens is 440 g/mol. The molecule has 5 rings (SSSR count). The lowest BCUT2D eigenvalue weighted by Crippen LogP contribution is -2.52. The molecule has 3 heterocycles. The Kier molecular flexibility index (Phi) is 6.81. The molecule has 35 heavy (non-hydrogen) atoms. The predicted octanol–water partition coefficient (Wildman–Crippen LogP) is 2.82. The summed E-state index contributed by atoms with van der Waals surface area (Å²) in [7, 11) is 0. The normalized spacial score (nSPS) is 15.1. The van der Waals surface area contributed by atoms with E-state index in [4.69, 9.17) is 0 Å². The van der Waals surface area contributed by atoms with Gasteiger partial charge in [0.25, 0.3) is 5.91 Å². The van der Waals surface area contributed by atoms with Crippen molar-refractivity contribution in [2.75, 3.05) is 32.7 Å². The Balaban J connectivity index is 1.25. The molecule has 8 heteroatoms. The maximum Gasteiger partial charge on any atom is 0.252 e. The lowest BCUT2D eigenvalue weighted by Gasteiger charge is -2.36. The highest BCUT2D eigenvalue weighted by Crippen LogP contribution is 2.20. The Morgan fingerprint density at radius 2 is 1.83 bits per heavy atom. The number of nitrogens with zero attached hydrogens (tertiary/aromatic N) is 4. The smallest absolute Gasteiger partial charge is 0.252 e. The van der Waals surface area contributed by atoms with Gasteiger partial charge >= 0.3 is 0 Å². The van der Waals surface area contributed by atoms with Crippen molar-refractivity contribution in [3.05, 3.63) is 96.2 Å². The van der Waals surface area contributed by atoms with Crippen molar-refractivity contribution in [2.45, 2.75) is 12.5 Å². The molecule has 1 atom stereocenters. The molecule has 1 fully saturated rings. The third-order valence-corrected chi connectivity index (χ3v) is 6.46. The number of hydrogen-bond acceptors (Lipinski definition) is 5. The maximum absolute atomic E-state index is 13.6. The molecule has 2 N–H and O–H groups in total. The fourth-order valence-electron chi connectivity index (χ4n) is 4.44. The molecule has 1 saturated heterocycles. The number of H-pyrrole nitrogens is 1. The average molecular weight is 469 g/mol. The first-order valence-electron chi connectivity index (χ1n) is 11.9. The third kappa shape index (κ3) is 5.38. The lowest BCUT2D eigenvalue weighted by atomic mass is 10.0. The van der Waals surface area contributed by atoms with E-state index in [0.29, 0.717) is 18.7 Å². The van der Waals surface area contributed by atoms with Crippen molar-refractivity contribution in [3.63, 3.8) is 0 Å². The zero-order chi connectivity index (χ0) is 24.0. The van der Waals surface area contributed by atoms with Crippen molar-refractivity contribution in [3.8, 4) is 0 Å². The van der Waals surface area contributed by atoms with Gasteiger partial charge in [0.05, 0.1) is 5.69 Å². The Morgan fingerprint density at radius 3 is 2.60 bits per heavy atom. The number of aromatic amines is 1. The van der Waals surface area contributed by atoms with Gasteiger partial charge in [-0.3, -0.25) is 24.5 Å². The van der Waals surface area contributed by atoms with Crippen LogP contribution >= 0.6 is 0 Å². The molecular formula is C27H28N6O2. The molecule has 4 aromatic rings. The van der Waals surface area contributed by atoms with E-state index in [1.54, 1.807) is 24.7 Å². The van der Waals surface area contributed by atoms with E-state index in [1.165, 1.54) is 0 Å². The minimum Gasteiger partial charge on any atom is -0.361 e. The molecule has 0 radical (unpaired) electrons. The first-order valence-corrected chi connectivity index (χ1v) is 11.9. The van der Waals surface area contributed by atoms with E-state index in [9.17, 15) is 9.59 Å². The second-order valence-corrected chi connectivity index (χ2v) is 8.71. The van der Waals surface area contributed by atoms with Crippen LogP contribution in [0.15, 0.2) is 79.4 Å². The highest BCUT2D eigenvalue weighted by atomic mass is 16.2. The van der Waals surface area contributed by atoms with E-state index in [0.717, 1.165) is 48.2 Å². The van der Waals surface area contributed by atoms with E-state index in [2.05, 4.69) is 25.2 Å². The zero-order valence-electron chi connectivity index (χ0n) is 19.4. The maximum atomic E-state index is 13.6. The van der Waals surface area contributed by atoms with Gasteiger partial charge in [-0.2, -0.15) is 0 Å². The molecule has 8 nitrogen and oxygen atoms in total. The van der Waals surface area contributed by atoms with Crippen molar-refractivity contribution >= 4 is 22.7 Å². The second-order valence-electron chi connectivity index (χ2n) is 8.71. The summed E-state index contributed by atoms with van der Waals surface area (Å²) in [5.74, 6) is -0.356. The number of nitrogens with one attached hydrogen (secondary N) is 2. The minimum atomic E-state index is -0.741. The summed E-state index contributed by atoms with van der Waals surface area (Å²) < 4.78 is 0. The van der Waals surface area contributed by atoms with Gasteiger partial charge in [0, 0.05) is 75.0 Å². The fraction of sp³-hybridized carbons (Fsp3) is 0.259. The van der Waals surface area contributed by atoms with Crippen LogP contribution in [0.4, 0.5) is 0 Å². The number of rotatable bonds is 7. The number of carbonyl (C=O) groups excluding carboxylic acids is 2. The van der Waals surface area contributed by atoms with Crippen LogP contribution in [-0.4, -0.2) is 69.3 Å². The molecule has 2 aromatic carbocycles. The Hall–Kier alpha value is -4.04. The minimum absolute atomic E-state index is 0.0842. The van der Waals surface area contributed by atoms with Crippen LogP contribution in [0.2, 0.25) is 0 Å². The summed E-state index contributed by atoms with van der Waals surface area (Å²) in [6, 6.07) is 16.2.